The molecule has 2 aromatic rings. The number of carbonyl (C=O) groups is 1. The average Bonchev–Trinajstić information content (AvgIpc) is 2.34. The van der Waals surface area contributed by atoms with Gasteiger partial charge >= 0.3 is 5.97 Å². The van der Waals surface area contributed by atoms with Crippen molar-refractivity contribution >= 4 is 5.97 Å². The lowest BCUT2D eigenvalue weighted by molar-refractivity contribution is 0.0690. The van der Waals surface area contributed by atoms with Crippen LogP contribution in [0, 0.1) is 11.6 Å². The zero-order chi connectivity index (χ0) is 13.1. The highest BCUT2D eigenvalue weighted by Crippen LogP contribution is 2.16. The van der Waals surface area contributed by atoms with E-state index in [1.807, 2.05) is 0 Å². The first kappa shape index (κ1) is 12.2. The number of hydrogen-bond donors (Lipinski definition) is 1. The summed E-state index contributed by atoms with van der Waals surface area (Å²) in [7, 11) is 0. The van der Waals surface area contributed by atoms with Crippen LogP contribution in [0.2, 0.25) is 0 Å². The number of halogens is 2. The van der Waals surface area contributed by atoms with Crippen LogP contribution in [-0.4, -0.2) is 16.1 Å². The molecule has 0 atom stereocenters. The van der Waals surface area contributed by atoms with E-state index in [0.717, 1.165) is 12.1 Å². The molecule has 1 heterocycles. The van der Waals surface area contributed by atoms with Gasteiger partial charge in [-0.3, -0.25) is 0 Å². The van der Waals surface area contributed by atoms with E-state index in [1.54, 1.807) is 0 Å². The van der Waals surface area contributed by atoms with Gasteiger partial charge in [0.1, 0.15) is 17.3 Å². The molecule has 0 aliphatic rings. The van der Waals surface area contributed by atoms with Gasteiger partial charge < -0.3 is 5.11 Å². The highest BCUT2D eigenvalue weighted by atomic mass is 19.1. The van der Waals surface area contributed by atoms with Crippen LogP contribution >= 0.6 is 0 Å². The van der Waals surface area contributed by atoms with Gasteiger partial charge in [0.2, 0.25) is 0 Å². The molecule has 0 aliphatic carbocycles. The molecule has 2 rings (SSSR count). The summed E-state index contributed by atoms with van der Waals surface area (Å²) < 4.78 is 26.8. The summed E-state index contributed by atoms with van der Waals surface area (Å²) in [4.78, 5) is 14.5. The molecule has 3 nitrogen and oxygen atoms in total. The zero-order valence-corrected chi connectivity index (χ0v) is 9.23. The van der Waals surface area contributed by atoms with Gasteiger partial charge in [0.05, 0.1) is 0 Å². The predicted molar refractivity (Wildman–Crippen MR) is 60.4 cm³/mol. The number of benzene rings is 1. The largest absolute Gasteiger partial charge is 0.477 e. The Bertz CT molecular complexity index is 579. The molecule has 0 fully saturated rings. The number of aromatic nitrogens is 1. The minimum absolute atomic E-state index is 0.0837. The average molecular weight is 249 g/mol. The minimum Gasteiger partial charge on any atom is -0.477 e. The van der Waals surface area contributed by atoms with Gasteiger partial charge in [-0.25, -0.2) is 18.6 Å². The standard InChI is InChI=1S/C13H9F2NO2/c14-10-4-2-5-11(15)9(10)7-8-3-1-6-12(16-8)13(17)18/h1-6H,7H2,(H,17,18). The van der Waals surface area contributed by atoms with Crippen molar-refractivity contribution < 1.29 is 18.7 Å². The Labute approximate surface area is 102 Å². The van der Waals surface area contributed by atoms with Crippen LogP contribution in [0.5, 0.6) is 0 Å². The Kier molecular flexibility index (Phi) is 3.32. The number of carboxylic acid groups (broad SMARTS) is 1. The van der Waals surface area contributed by atoms with Crippen LogP contribution in [0.3, 0.4) is 0 Å². The molecule has 5 heteroatoms. The van der Waals surface area contributed by atoms with E-state index in [2.05, 4.69) is 4.98 Å². The van der Waals surface area contributed by atoms with E-state index in [9.17, 15) is 13.6 Å². The Morgan fingerprint density at radius 2 is 1.72 bits per heavy atom. The molecule has 1 aromatic heterocycles. The normalized spacial score (nSPS) is 10.3. The lowest BCUT2D eigenvalue weighted by Crippen LogP contribution is -2.04. The molecule has 0 unspecified atom stereocenters. The number of rotatable bonds is 3. The van der Waals surface area contributed by atoms with Crippen molar-refractivity contribution in [2.75, 3.05) is 0 Å². The Balaban J connectivity index is 2.34. The fourth-order valence-electron chi connectivity index (χ4n) is 1.58. The van der Waals surface area contributed by atoms with Crippen LogP contribution in [0.15, 0.2) is 36.4 Å². The summed E-state index contributed by atoms with van der Waals surface area (Å²) in [5, 5.41) is 8.77. The molecule has 0 saturated heterocycles. The Morgan fingerprint density at radius 1 is 1.11 bits per heavy atom. The van der Waals surface area contributed by atoms with Gasteiger partial charge in [0.15, 0.2) is 0 Å². The fourth-order valence-corrected chi connectivity index (χ4v) is 1.58. The van der Waals surface area contributed by atoms with Crippen LogP contribution < -0.4 is 0 Å². The fraction of sp³-hybridized carbons (Fsp3) is 0.0769. The van der Waals surface area contributed by atoms with Crippen LogP contribution in [0.4, 0.5) is 8.78 Å². The zero-order valence-electron chi connectivity index (χ0n) is 9.23. The number of hydrogen-bond acceptors (Lipinski definition) is 2. The van der Waals surface area contributed by atoms with Crippen molar-refractivity contribution in [1.29, 1.82) is 0 Å². The maximum Gasteiger partial charge on any atom is 0.354 e. The van der Waals surface area contributed by atoms with Crippen molar-refractivity contribution in [3.63, 3.8) is 0 Å². The van der Waals surface area contributed by atoms with Gasteiger partial charge in [-0.15, -0.1) is 0 Å². The molecule has 0 aliphatic heterocycles. The second kappa shape index (κ2) is 4.91. The third kappa shape index (κ3) is 2.51. The molecule has 0 radical (unpaired) electrons. The molecule has 0 bridgehead atoms. The summed E-state index contributed by atoms with van der Waals surface area (Å²) in [5.41, 5.74) is 0.0377. The Hall–Kier alpha value is -2.30. The maximum atomic E-state index is 13.4. The third-order valence-electron chi connectivity index (χ3n) is 2.45. The smallest absolute Gasteiger partial charge is 0.354 e. The van der Waals surface area contributed by atoms with Crippen molar-refractivity contribution in [2.24, 2.45) is 0 Å². The summed E-state index contributed by atoms with van der Waals surface area (Å²) in [6, 6.07) is 7.92. The van der Waals surface area contributed by atoms with Crippen LogP contribution in [0.1, 0.15) is 21.7 Å². The van der Waals surface area contributed by atoms with Gasteiger partial charge in [0, 0.05) is 17.7 Å². The van der Waals surface area contributed by atoms with Crippen LogP contribution in [0.25, 0.3) is 0 Å². The molecule has 18 heavy (non-hydrogen) atoms. The minimum atomic E-state index is -1.18. The summed E-state index contributed by atoms with van der Waals surface area (Å²) in [6.07, 6.45) is -0.0837. The molecular formula is C13H9F2NO2. The summed E-state index contributed by atoms with van der Waals surface area (Å²) in [5.74, 6) is -2.51. The SMILES string of the molecule is O=C(O)c1cccc(Cc2c(F)cccc2F)n1. The molecule has 0 spiro atoms. The topological polar surface area (TPSA) is 50.2 Å². The van der Waals surface area contributed by atoms with Crippen molar-refractivity contribution in [3.8, 4) is 0 Å². The third-order valence-corrected chi connectivity index (χ3v) is 2.45. The van der Waals surface area contributed by atoms with E-state index >= 15 is 0 Å². The van der Waals surface area contributed by atoms with E-state index in [0.29, 0.717) is 5.69 Å². The van der Waals surface area contributed by atoms with Crippen molar-refractivity contribution in [2.45, 2.75) is 6.42 Å². The van der Waals surface area contributed by atoms with Crippen molar-refractivity contribution in [3.05, 3.63) is 65.0 Å². The number of carboxylic acids is 1. The molecule has 0 saturated carbocycles. The first-order chi connectivity index (χ1) is 8.58. The quantitative estimate of drug-likeness (QED) is 0.909. The number of pyridine rings is 1. The number of aromatic carboxylic acids is 1. The van der Waals surface area contributed by atoms with Gasteiger partial charge in [-0.2, -0.15) is 0 Å². The van der Waals surface area contributed by atoms with E-state index < -0.39 is 17.6 Å². The molecule has 0 amide bonds. The molecule has 1 N–H and O–H groups in total. The molecular weight excluding hydrogens is 240 g/mol. The van der Waals surface area contributed by atoms with Crippen molar-refractivity contribution in [1.82, 2.24) is 4.98 Å². The summed E-state index contributed by atoms with van der Waals surface area (Å²) >= 11 is 0. The first-order valence-corrected chi connectivity index (χ1v) is 5.20. The Morgan fingerprint density at radius 3 is 2.33 bits per heavy atom. The first-order valence-electron chi connectivity index (χ1n) is 5.20. The lowest BCUT2D eigenvalue weighted by atomic mass is 10.1. The lowest BCUT2D eigenvalue weighted by Gasteiger charge is -2.05. The highest BCUT2D eigenvalue weighted by molar-refractivity contribution is 5.85. The monoisotopic (exact) mass is 249 g/mol. The highest BCUT2D eigenvalue weighted by Gasteiger charge is 2.11. The molecule has 1 aromatic carbocycles. The van der Waals surface area contributed by atoms with E-state index in [4.69, 9.17) is 5.11 Å². The van der Waals surface area contributed by atoms with Crippen LogP contribution in [-0.2, 0) is 6.42 Å². The van der Waals surface area contributed by atoms with E-state index in [1.165, 1.54) is 24.3 Å². The number of nitrogens with zero attached hydrogens (tertiary/aromatic N) is 1. The van der Waals surface area contributed by atoms with Gasteiger partial charge in [-0.1, -0.05) is 12.1 Å². The second-order valence-electron chi connectivity index (χ2n) is 3.70. The maximum absolute atomic E-state index is 13.4. The predicted octanol–water partition coefficient (Wildman–Crippen LogP) is 2.65. The van der Waals surface area contributed by atoms with Gasteiger partial charge in [0.25, 0.3) is 0 Å². The summed E-state index contributed by atoms with van der Waals surface area (Å²) in [6.45, 7) is 0. The molecule has 92 valence electrons. The van der Waals surface area contributed by atoms with Gasteiger partial charge in [-0.05, 0) is 24.3 Å². The second-order valence-corrected chi connectivity index (χ2v) is 3.70. The van der Waals surface area contributed by atoms with E-state index in [-0.39, 0.29) is 17.7 Å².